The van der Waals surface area contributed by atoms with Crippen LogP contribution in [0, 0.1) is 5.82 Å². The van der Waals surface area contributed by atoms with Crippen LogP contribution in [-0.4, -0.2) is 17.2 Å². The number of pyridine rings is 1. The molecule has 4 heteroatoms. The minimum Gasteiger partial charge on any atom is -0.496 e. The molecule has 0 radical (unpaired) electrons. The van der Waals surface area contributed by atoms with E-state index >= 15 is 0 Å². The maximum absolute atomic E-state index is 13.5. The molecule has 1 atom stereocenters. The summed E-state index contributed by atoms with van der Waals surface area (Å²) in [6.45, 7) is 0. The zero-order valence-electron chi connectivity index (χ0n) is 11.5. The van der Waals surface area contributed by atoms with Gasteiger partial charge in [-0.1, -0.05) is 24.3 Å². The van der Waals surface area contributed by atoms with Gasteiger partial charge in [-0.3, -0.25) is 4.98 Å². The predicted octanol–water partition coefficient (Wildman–Crippen LogP) is 3.46. The molecule has 0 aliphatic heterocycles. The first-order valence-corrected chi connectivity index (χ1v) is 6.56. The Labute approximate surface area is 121 Å². The van der Waals surface area contributed by atoms with Crippen LogP contribution in [0.3, 0.4) is 0 Å². The fourth-order valence-corrected chi connectivity index (χ4v) is 2.43. The first kappa shape index (κ1) is 13.5. The third-order valence-electron chi connectivity index (χ3n) is 3.45. The van der Waals surface area contributed by atoms with Crippen molar-refractivity contribution in [3.8, 4) is 5.75 Å². The number of fused-ring (bicyclic) bond motifs is 1. The summed E-state index contributed by atoms with van der Waals surface area (Å²) in [6.07, 6.45) is 0.578. The lowest BCUT2D eigenvalue weighted by atomic mass is 10.00. The molecule has 0 saturated carbocycles. The maximum Gasteiger partial charge on any atom is 0.125 e. The van der Waals surface area contributed by atoms with Crippen molar-refractivity contribution in [1.29, 1.82) is 0 Å². The third-order valence-corrected chi connectivity index (χ3v) is 3.45. The Morgan fingerprint density at radius 1 is 1.14 bits per heavy atom. The Kier molecular flexibility index (Phi) is 3.54. The van der Waals surface area contributed by atoms with Crippen molar-refractivity contribution in [1.82, 2.24) is 4.98 Å². The molecule has 3 aromatic rings. The van der Waals surface area contributed by atoms with Crippen molar-refractivity contribution in [3.05, 3.63) is 71.8 Å². The molecule has 0 saturated heterocycles. The fraction of sp³-hybridized carbons (Fsp3) is 0.118. The molecule has 2 aromatic carbocycles. The number of hydrogen-bond donors (Lipinski definition) is 1. The van der Waals surface area contributed by atoms with Crippen molar-refractivity contribution >= 4 is 10.8 Å². The molecule has 3 nitrogen and oxygen atoms in total. The number of nitrogens with zero attached hydrogens (tertiary/aromatic N) is 1. The molecule has 0 fully saturated rings. The number of hydrogen-bond acceptors (Lipinski definition) is 3. The molecule has 106 valence electrons. The van der Waals surface area contributed by atoms with Gasteiger partial charge in [0.15, 0.2) is 0 Å². The minimum absolute atomic E-state index is 0.362. The van der Waals surface area contributed by atoms with E-state index in [0.29, 0.717) is 17.0 Å². The van der Waals surface area contributed by atoms with Gasteiger partial charge in [-0.05, 0) is 29.7 Å². The van der Waals surface area contributed by atoms with E-state index in [2.05, 4.69) is 4.98 Å². The van der Waals surface area contributed by atoms with Gasteiger partial charge in [-0.25, -0.2) is 4.39 Å². The Balaban J connectivity index is 2.17. The van der Waals surface area contributed by atoms with Gasteiger partial charge >= 0.3 is 0 Å². The average Bonchev–Trinajstić information content (AvgIpc) is 2.53. The van der Waals surface area contributed by atoms with Crippen molar-refractivity contribution in [2.45, 2.75) is 6.10 Å². The van der Waals surface area contributed by atoms with Crippen LogP contribution in [0.5, 0.6) is 5.75 Å². The van der Waals surface area contributed by atoms with E-state index in [1.165, 1.54) is 25.3 Å². The number of ether oxygens (including phenoxy) is 1. The Bertz CT molecular complexity index is 783. The van der Waals surface area contributed by atoms with Crippen molar-refractivity contribution in [2.75, 3.05) is 7.11 Å². The predicted molar refractivity (Wildman–Crippen MR) is 78.8 cm³/mol. The van der Waals surface area contributed by atoms with E-state index in [9.17, 15) is 9.50 Å². The molecule has 0 spiro atoms. The molecule has 0 bridgehead atoms. The van der Waals surface area contributed by atoms with Gasteiger partial charge in [0.1, 0.15) is 17.7 Å². The maximum atomic E-state index is 13.5. The van der Waals surface area contributed by atoms with Gasteiger partial charge in [0.2, 0.25) is 0 Å². The smallest absolute Gasteiger partial charge is 0.125 e. The highest BCUT2D eigenvalue weighted by Crippen LogP contribution is 2.32. The SMILES string of the molecule is COc1ccc(F)cc1C(O)c1nccc2ccccc12. The second-order valence-corrected chi connectivity index (χ2v) is 4.71. The lowest BCUT2D eigenvalue weighted by Crippen LogP contribution is -2.05. The molecule has 0 amide bonds. The van der Waals surface area contributed by atoms with E-state index in [4.69, 9.17) is 4.74 Å². The van der Waals surface area contributed by atoms with Crippen molar-refractivity contribution < 1.29 is 14.2 Å². The summed E-state index contributed by atoms with van der Waals surface area (Å²) in [4.78, 5) is 4.26. The lowest BCUT2D eigenvalue weighted by molar-refractivity contribution is 0.211. The van der Waals surface area contributed by atoms with Gasteiger partial charge in [-0.2, -0.15) is 0 Å². The quantitative estimate of drug-likeness (QED) is 0.800. The number of methoxy groups -OCH3 is 1. The first-order valence-electron chi connectivity index (χ1n) is 6.56. The molecule has 1 unspecified atom stereocenters. The molecule has 1 heterocycles. The number of rotatable bonds is 3. The van der Waals surface area contributed by atoms with Crippen LogP contribution in [0.4, 0.5) is 4.39 Å². The van der Waals surface area contributed by atoms with Gasteiger partial charge in [-0.15, -0.1) is 0 Å². The second-order valence-electron chi connectivity index (χ2n) is 4.71. The van der Waals surface area contributed by atoms with E-state index in [1.807, 2.05) is 30.3 Å². The van der Waals surface area contributed by atoms with Gasteiger partial charge in [0.05, 0.1) is 12.8 Å². The summed E-state index contributed by atoms with van der Waals surface area (Å²) in [5.74, 6) is 0.00345. The highest BCUT2D eigenvalue weighted by molar-refractivity contribution is 5.85. The van der Waals surface area contributed by atoms with Crippen LogP contribution >= 0.6 is 0 Å². The zero-order chi connectivity index (χ0) is 14.8. The third kappa shape index (κ3) is 2.45. The standard InChI is InChI=1S/C17H14FNO2/c1-21-15-7-6-12(18)10-14(15)17(20)16-13-5-3-2-4-11(13)8-9-19-16/h2-10,17,20H,1H3. The molecule has 0 aliphatic rings. The molecule has 1 aromatic heterocycles. The Hall–Kier alpha value is -2.46. The van der Waals surface area contributed by atoms with E-state index in [-0.39, 0.29) is 0 Å². The van der Waals surface area contributed by atoms with Crippen molar-refractivity contribution in [3.63, 3.8) is 0 Å². The summed E-state index contributed by atoms with van der Waals surface area (Å²) in [5, 5.41) is 12.4. The summed E-state index contributed by atoms with van der Waals surface area (Å²) >= 11 is 0. The summed E-state index contributed by atoms with van der Waals surface area (Å²) in [5.41, 5.74) is 0.846. The summed E-state index contributed by atoms with van der Waals surface area (Å²) in [7, 11) is 1.49. The van der Waals surface area contributed by atoms with Gasteiger partial charge in [0.25, 0.3) is 0 Å². The fourth-order valence-electron chi connectivity index (χ4n) is 2.43. The minimum atomic E-state index is -1.05. The van der Waals surface area contributed by atoms with E-state index < -0.39 is 11.9 Å². The number of aromatic nitrogens is 1. The highest BCUT2D eigenvalue weighted by atomic mass is 19.1. The molecule has 3 rings (SSSR count). The van der Waals surface area contributed by atoms with E-state index in [0.717, 1.165) is 10.8 Å². The zero-order valence-corrected chi connectivity index (χ0v) is 11.5. The van der Waals surface area contributed by atoms with Crippen LogP contribution in [0.15, 0.2) is 54.7 Å². The molecular weight excluding hydrogens is 269 g/mol. The van der Waals surface area contributed by atoms with Crippen LogP contribution < -0.4 is 4.74 Å². The number of aliphatic hydroxyl groups excluding tert-OH is 1. The number of benzene rings is 2. The Morgan fingerprint density at radius 3 is 2.76 bits per heavy atom. The monoisotopic (exact) mass is 283 g/mol. The van der Waals surface area contributed by atoms with Crippen LogP contribution in [-0.2, 0) is 0 Å². The van der Waals surface area contributed by atoms with Crippen LogP contribution in [0.25, 0.3) is 10.8 Å². The Morgan fingerprint density at radius 2 is 1.95 bits per heavy atom. The second kappa shape index (κ2) is 5.50. The van der Waals surface area contributed by atoms with Crippen LogP contribution in [0.2, 0.25) is 0 Å². The topological polar surface area (TPSA) is 42.4 Å². The number of aliphatic hydroxyl groups is 1. The van der Waals surface area contributed by atoms with Gasteiger partial charge in [0, 0.05) is 17.1 Å². The molecular formula is C17H14FNO2. The number of halogens is 1. The average molecular weight is 283 g/mol. The normalized spacial score (nSPS) is 12.3. The molecule has 21 heavy (non-hydrogen) atoms. The van der Waals surface area contributed by atoms with Crippen molar-refractivity contribution in [2.24, 2.45) is 0 Å². The molecule has 1 N–H and O–H groups in total. The first-order chi connectivity index (χ1) is 10.2. The van der Waals surface area contributed by atoms with Crippen LogP contribution in [0.1, 0.15) is 17.4 Å². The lowest BCUT2D eigenvalue weighted by Gasteiger charge is -2.16. The summed E-state index contributed by atoms with van der Waals surface area (Å²) < 4.78 is 18.7. The largest absolute Gasteiger partial charge is 0.496 e. The highest BCUT2D eigenvalue weighted by Gasteiger charge is 2.19. The van der Waals surface area contributed by atoms with Gasteiger partial charge < -0.3 is 9.84 Å². The van der Waals surface area contributed by atoms with E-state index in [1.54, 1.807) is 6.20 Å². The molecule has 0 aliphatic carbocycles. The summed E-state index contributed by atoms with van der Waals surface area (Å²) in [6, 6.07) is 13.6.